The number of carbonyl (C=O) groups is 6. The molecule has 0 radical (unpaired) electrons. The molecule has 4 heterocycles. The molecule has 9 atom stereocenters. The molecule has 4 rings (SSSR count). The second-order valence-corrected chi connectivity index (χ2v) is 19.6. The van der Waals surface area contributed by atoms with Crippen molar-refractivity contribution in [3.63, 3.8) is 0 Å². The molecular formula is C51H96ClN6O12P. The van der Waals surface area contributed by atoms with Crippen LogP contribution in [0, 0.1) is 11.3 Å². The van der Waals surface area contributed by atoms with Gasteiger partial charge in [-0.25, -0.2) is 4.67 Å². The number of nitrogens with zero attached hydrogens (tertiary/aromatic N) is 6. The summed E-state index contributed by atoms with van der Waals surface area (Å²) in [7, 11) is -1.26. The Bertz CT molecular complexity index is 1550. The average molecular weight is 1050 g/mol. The number of hydrogen-bond donors (Lipinski definition) is 3. The Morgan fingerprint density at radius 2 is 1.03 bits per heavy atom. The highest BCUT2D eigenvalue weighted by atomic mass is 35.5. The van der Waals surface area contributed by atoms with Gasteiger partial charge in [-0.15, -0.1) is 11.6 Å². The SMILES string of the molecule is C.CCC(=O)N1CC[C@@H](O)[C@@H]1CC.CCC(=O)N1CC[C@@H](OC(=O)CCC(C)=O)[C@@H]1CC.CCC(=O)N1CC[C@H](O)[C@@H]1CO.CCC(=O)N1CC[C@H](OP(OCCC#N)N(C(C)C)C(C)C)[C@@H]1CC.CCl. The summed E-state index contributed by atoms with van der Waals surface area (Å²) in [6, 6.07) is 2.46. The zero-order valence-corrected chi connectivity index (χ0v) is 46.6. The molecule has 0 spiro atoms. The van der Waals surface area contributed by atoms with Crippen LogP contribution in [-0.2, 0) is 42.6 Å². The summed E-state index contributed by atoms with van der Waals surface area (Å²) in [6.45, 7) is 26.4. The normalized spacial score (nSPS) is 23.8. The van der Waals surface area contributed by atoms with Crippen molar-refractivity contribution in [1.82, 2.24) is 24.3 Å². The number of ether oxygens (including phenoxy) is 1. The molecule has 0 aromatic carbocycles. The van der Waals surface area contributed by atoms with Crippen LogP contribution in [0.3, 0.4) is 0 Å². The topological polar surface area (TPSA) is 231 Å². The lowest BCUT2D eigenvalue weighted by Crippen LogP contribution is -2.41. The molecule has 4 fully saturated rings. The van der Waals surface area contributed by atoms with Crippen molar-refractivity contribution < 1.29 is 57.9 Å². The van der Waals surface area contributed by atoms with Crippen LogP contribution in [0.4, 0.5) is 0 Å². The number of likely N-dealkylation sites (tertiary alicyclic amines) is 4. The Balaban J connectivity index is 0. The number of amides is 4. The molecule has 1 unspecified atom stereocenters. The fourth-order valence-corrected chi connectivity index (χ4v) is 11.0. The summed E-state index contributed by atoms with van der Waals surface area (Å²) < 4.78 is 20.1. The molecule has 20 heteroatoms. The molecule has 71 heavy (non-hydrogen) atoms. The Kier molecular flexibility index (Phi) is 38.0. The first-order valence-electron chi connectivity index (χ1n) is 25.7. The van der Waals surface area contributed by atoms with Gasteiger partial charge in [0, 0.05) is 83.2 Å². The summed E-state index contributed by atoms with van der Waals surface area (Å²) in [6.07, 6.45) is 8.44. The average Bonchev–Trinajstić information content (AvgIpc) is 4.15. The summed E-state index contributed by atoms with van der Waals surface area (Å²) >= 11 is 4.64. The molecular weight excluding hydrogens is 955 g/mol. The Hall–Kier alpha value is -3.01. The number of halogens is 1. The van der Waals surface area contributed by atoms with Gasteiger partial charge in [0.05, 0.1) is 74.6 Å². The third-order valence-corrected chi connectivity index (χ3v) is 14.9. The highest BCUT2D eigenvalue weighted by Crippen LogP contribution is 2.49. The fraction of sp³-hybridized carbons (Fsp3) is 0.863. The number of hydrogen-bond acceptors (Lipinski definition) is 14. The van der Waals surface area contributed by atoms with Crippen LogP contribution in [0.1, 0.15) is 180 Å². The fourth-order valence-electron chi connectivity index (χ4n) is 9.23. The third kappa shape index (κ3) is 23.0. The lowest BCUT2D eigenvalue weighted by Gasteiger charge is -2.38. The van der Waals surface area contributed by atoms with Crippen molar-refractivity contribution in [2.24, 2.45) is 0 Å². The lowest BCUT2D eigenvalue weighted by molar-refractivity contribution is -0.152. The van der Waals surface area contributed by atoms with E-state index in [4.69, 9.17) is 24.2 Å². The summed E-state index contributed by atoms with van der Waals surface area (Å²) in [5, 5.41) is 36.6. The molecule has 414 valence electrons. The molecule has 0 aliphatic carbocycles. The maximum absolute atomic E-state index is 12.2. The predicted molar refractivity (Wildman–Crippen MR) is 280 cm³/mol. The Morgan fingerprint density at radius 1 is 0.648 bits per heavy atom. The van der Waals surface area contributed by atoms with E-state index in [1.807, 2.05) is 49.3 Å². The van der Waals surface area contributed by atoms with Gasteiger partial charge >= 0.3 is 5.97 Å². The molecule has 3 N–H and O–H groups in total. The maximum atomic E-state index is 12.2. The van der Waals surface area contributed by atoms with Gasteiger partial charge in [-0.05, 0) is 73.1 Å². The number of Topliss-reactive ketones (excluding diaryl/α,β-unsaturated/α-hetero) is 1. The van der Waals surface area contributed by atoms with E-state index in [0.29, 0.717) is 64.6 Å². The standard InChI is InChI=1S/C18H34N3O3P.C14H23NO4.C9H17NO2.C8H15NO3.CH3Cl.CH4/c1-7-16-17(10-12-20(16)18(22)8-2)24-25(23-13-9-11-19)21(14(3)4)15(5)6;1-4-11-12(8-9-15(11)13(17)5-2)19-14(18)7-6-10(3)16;1-3-7-8(11)5-6-10(7)9(12)4-2;1-2-8(12)9-4-3-7(11)6(9)5-10;1-2;/h14-17H,7-10,12-13H2,1-6H3;11-12H,4-9H2,1-3H3;7-8,11H,3-6H2,1-2H3;6-7,10-11H,2-5H2,1H3;1H3;1H4/t16-,17-,25?;11-,12+;7-,8+;6-,7-;;/m0000../s1. The molecule has 4 saturated heterocycles. The van der Waals surface area contributed by atoms with Crippen LogP contribution in [0.2, 0.25) is 0 Å². The first kappa shape index (κ1) is 70.1. The summed E-state index contributed by atoms with van der Waals surface area (Å²) in [5.74, 6) is 0.109. The zero-order valence-electron chi connectivity index (χ0n) is 44.9. The first-order chi connectivity index (χ1) is 33.3. The van der Waals surface area contributed by atoms with Gasteiger partial charge in [-0.3, -0.25) is 24.0 Å². The predicted octanol–water partition coefficient (Wildman–Crippen LogP) is 7.37. The van der Waals surface area contributed by atoms with Crippen molar-refractivity contribution in [3.8, 4) is 6.07 Å². The maximum Gasteiger partial charge on any atom is 0.306 e. The third-order valence-electron chi connectivity index (χ3n) is 12.8. The van der Waals surface area contributed by atoms with Crippen molar-refractivity contribution in [2.45, 2.75) is 241 Å². The van der Waals surface area contributed by atoms with Crippen LogP contribution in [-0.4, -0.2) is 181 Å². The Labute approximate surface area is 434 Å². The van der Waals surface area contributed by atoms with E-state index in [2.05, 4.69) is 57.0 Å². The van der Waals surface area contributed by atoms with Gasteiger partial charge in [0.2, 0.25) is 23.6 Å². The largest absolute Gasteiger partial charge is 0.460 e. The van der Waals surface area contributed by atoms with Gasteiger partial charge in [0.1, 0.15) is 11.9 Å². The minimum atomic E-state index is -1.26. The molecule has 4 amide bonds. The number of carbonyl (C=O) groups excluding carboxylic acids is 6. The second-order valence-electron chi connectivity index (χ2n) is 18.1. The second kappa shape index (κ2) is 38.6. The van der Waals surface area contributed by atoms with Crippen LogP contribution < -0.4 is 0 Å². The van der Waals surface area contributed by atoms with Crippen LogP contribution in [0.5, 0.6) is 0 Å². The van der Waals surface area contributed by atoms with E-state index in [1.165, 1.54) is 13.3 Å². The summed E-state index contributed by atoms with van der Waals surface area (Å²) in [5.41, 5.74) is 0. The zero-order chi connectivity index (χ0) is 53.7. The van der Waals surface area contributed by atoms with Crippen LogP contribution >= 0.6 is 20.1 Å². The molecule has 4 aliphatic rings. The molecule has 0 aromatic rings. The van der Waals surface area contributed by atoms with E-state index >= 15 is 0 Å². The van der Waals surface area contributed by atoms with Gasteiger partial charge in [-0.1, -0.05) is 55.9 Å². The quantitative estimate of drug-likeness (QED) is 0.0468. The number of rotatable bonds is 20. The first-order valence-corrected chi connectivity index (χ1v) is 27.6. The molecule has 0 aromatic heterocycles. The van der Waals surface area contributed by atoms with Gasteiger partial charge in [0.15, 0.2) is 0 Å². The number of alkyl halides is 1. The Morgan fingerprint density at radius 3 is 1.41 bits per heavy atom. The van der Waals surface area contributed by atoms with Crippen molar-refractivity contribution >= 4 is 55.5 Å². The van der Waals surface area contributed by atoms with Crippen molar-refractivity contribution in [2.75, 3.05) is 45.8 Å². The van der Waals surface area contributed by atoms with Crippen LogP contribution in [0.15, 0.2) is 0 Å². The minimum absolute atomic E-state index is 0. The molecule has 0 bridgehead atoms. The minimum Gasteiger partial charge on any atom is -0.460 e. The number of ketones is 1. The van der Waals surface area contributed by atoms with E-state index in [1.54, 1.807) is 11.8 Å². The van der Waals surface area contributed by atoms with Gasteiger partial charge < -0.3 is 53.5 Å². The van der Waals surface area contributed by atoms with Crippen LogP contribution in [0.25, 0.3) is 0 Å². The number of aliphatic hydroxyl groups is 3. The van der Waals surface area contributed by atoms with Crippen molar-refractivity contribution in [1.29, 1.82) is 5.26 Å². The smallest absolute Gasteiger partial charge is 0.306 e. The van der Waals surface area contributed by atoms with E-state index in [9.17, 15) is 39.0 Å². The molecule has 18 nitrogen and oxygen atoms in total. The number of aliphatic hydroxyl groups excluding tert-OH is 3. The van der Waals surface area contributed by atoms with Gasteiger partial charge in [-0.2, -0.15) is 5.26 Å². The van der Waals surface area contributed by atoms with Gasteiger partial charge in [0.25, 0.3) is 8.53 Å². The monoisotopic (exact) mass is 1050 g/mol. The molecule has 0 saturated carbocycles. The highest BCUT2D eigenvalue weighted by molar-refractivity contribution is 7.44. The van der Waals surface area contributed by atoms with E-state index < -0.39 is 14.6 Å². The van der Waals surface area contributed by atoms with E-state index in [0.717, 1.165) is 45.2 Å². The lowest BCUT2D eigenvalue weighted by atomic mass is 10.1. The number of nitriles is 1. The van der Waals surface area contributed by atoms with Crippen molar-refractivity contribution in [3.05, 3.63) is 0 Å². The van der Waals surface area contributed by atoms with E-state index in [-0.39, 0.29) is 117 Å². The molecule has 4 aliphatic heterocycles. The summed E-state index contributed by atoms with van der Waals surface area (Å²) in [4.78, 5) is 76.1. The number of esters is 1. The highest BCUT2D eigenvalue weighted by Gasteiger charge is 2.41.